The first-order valence-corrected chi connectivity index (χ1v) is 8.08. The average molecular weight is 331 g/mol. The molecule has 5 nitrogen and oxygen atoms in total. The SMILES string of the molecule is COC/C=C/c1cc(/C=C/COC)cc(CN(C(=O)O)C2CC2)c1. The molecule has 0 aliphatic heterocycles. The lowest BCUT2D eigenvalue weighted by Crippen LogP contribution is -2.30. The van der Waals surface area contributed by atoms with Gasteiger partial charge in [0.05, 0.1) is 13.2 Å². The number of hydrogen-bond donors (Lipinski definition) is 1. The summed E-state index contributed by atoms with van der Waals surface area (Å²) in [6.45, 7) is 1.50. The molecule has 0 spiro atoms. The van der Waals surface area contributed by atoms with Crippen LogP contribution < -0.4 is 0 Å². The Morgan fingerprint density at radius 1 is 1.12 bits per heavy atom. The third-order valence-electron chi connectivity index (χ3n) is 3.77. The molecule has 1 aliphatic rings. The van der Waals surface area contributed by atoms with Crippen LogP contribution in [-0.4, -0.2) is 49.6 Å². The van der Waals surface area contributed by atoms with Gasteiger partial charge in [-0.2, -0.15) is 0 Å². The summed E-state index contributed by atoms with van der Waals surface area (Å²) in [7, 11) is 3.31. The van der Waals surface area contributed by atoms with Gasteiger partial charge in [0.1, 0.15) is 0 Å². The highest BCUT2D eigenvalue weighted by Crippen LogP contribution is 2.29. The van der Waals surface area contributed by atoms with E-state index in [1.165, 1.54) is 4.90 Å². The number of amides is 1. The number of hydrogen-bond acceptors (Lipinski definition) is 3. The van der Waals surface area contributed by atoms with E-state index in [1.807, 2.05) is 36.4 Å². The lowest BCUT2D eigenvalue weighted by molar-refractivity contribution is 0.139. The van der Waals surface area contributed by atoms with Crippen molar-refractivity contribution < 1.29 is 19.4 Å². The largest absolute Gasteiger partial charge is 0.465 e. The van der Waals surface area contributed by atoms with E-state index in [-0.39, 0.29) is 6.04 Å². The third kappa shape index (κ3) is 5.83. The lowest BCUT2D eigenvalue weighted by atomic mass is 10.0. The number of carboxylic acid groups (broad SMARTS) is 1. The Kier molecular flexibility index (Phi) is 7.03. The number of rotatable bonds is 9. The van der Waals surface area contributed by atoms with Crippen molar-refractivity contribution in [3.63, 3.8) is 0 Å². The van der Waals surface area contributed by atoms with Crippen molar-refractivity contribution in [1.82, 2.24) is 4.90 Å². The number of benzene rings is 1. The van der Waals surface area contributed by atoms with E-state index in [0.717, 1.165) is 29.5 Å². The molecule has 1 aliphatic carbocycles. The minimum Gasteiger partial charge on any atom is -0.465 e. The Morgan fingerprint density at radius 2 is 1.67 bits per heavy atom. The molecule has 1 aromatic rings. The normalized spacial score (nSPS) is 14.6. The van der Waals surface area contributed by atoms with Gasteiger partial charge in [-0.25, -0.2) is 4.79 Å². The molecule has 1 saturated carbocycles. The Bertz CT molecular complexity index is 571. The molecule has 2 rings (SSSR count). The summed E-state index contributed by atoms with van der Waals surface area (Å²) in [5.41, 5.74) is 3.05. The quantitative estimate of drug-likeness (QED) is 0.750. The van der Waals surface area contributed by atoms with Gasteiger partial charge in [-0.15, -0.1) is 0 Å². The highest BCUT2D eigenvalue weighted by Gasteiger charge is 2.32. The van der Waals surface area contributed by atoms with E-state index in [0.29, 0.717) is 19.8 Å². The zero-order valence-electron chi connectivity index (χ0n) is 14.3. The summed E-state index contributed by atoms with van der Waals surface area (Å²) in [6.07, 6.45) is 8.93. The van der Waals surface area contributed by atoms with Gasteiger partial charge in [0.25, 0.3) is 0 Å². The van der Waals surface area contributed by atoms with Gasteiger partial charge >= 0.3 is 6.09 Å². The number of ether oxygens (including phenoxy) is 2. The van der Waals surface area contributed by atoms with Gasteiger partial charge < -0.3 is 19.5 Å². The van der Waals surface area contributed by atoms with Crippen molar-refractivity contribution in [2.45, 2.75) is 25.4 Å². The van der Waals surface area contributed by atoms with Gasteiger partial charge in [0.15, 0.2) is 0 Å². The second kappa shape index (κ2) is 9.25. The van der Waals surface area contributed by atoms with E-state index in [2.05, 4.69) is 6.07 Å². The van der Waals surface area contributed by atoms with Crippen molar-refractivity contribution in [2.24, 2.45) is 0 Å². The third-order valence-corrected chi connectivity index (χ3v) is 3.77. The van der Waals surface area contributed by atoms with Gasteiger partial charge in [0.2, 0.25) is 0 Å². The maximum atomic E-state index is 11.4. The maximum absolute atomic E-state index is 11.4. The molecule has 1 aromatic carbocycles. The van der Waals surface area contributed by atoms with Crippen LogP contribution in [0.25, 0.3) is 12.2 Å². The van der Waals surface area contributed by atoms with E-state index < -0.39 is 6.09 Å². The van der Waals surface area contributed by atoms with Gasteiger partial charge in [-0.1, -0.05) is 24.3 Å². The summed E-state index contributed by atoms with van der Waals surface area (Å²) in [5, 5.41) is 9.40. The summed E-state index contributed by atoms with van der Waals surface area (Å²) >= 11 is 0. The second-order valence-electron chi connectivity index (χ2n) is 5.86. The summed E-state index contributed by atoms with van der Waals surface area (Å²) in [4.78, 5) is 13.0. The molecule has 5 heteroatoms. The van der Waals surface area contributed by atoms with Gasteiger partial charge in [-0.3, -0.25) is 0 Å². The van der Waals surface area contributed by atoms with Crippen LogP contribution in [0.15, 0.2) is 30.4 Å². The highest BCUT2D eigenvalue weighted by atomic mass is 16.5. The van der Waals surface area contributed by atoms with Crippen LogP contribution in [0.5, 0.6) is 0 Å². The lowest BCUT2D eigenvalue weighted by Gasteiger charge is -2.19. The molecule has 130 valence electrons. The number of methoxy groups -OCH3 is 2. The predicted octanol–water partition coefficient (Wildman–Crippen LogP) is 3.65. The van der Waals surface area contributed by atoms with E-state index in [9.17, 15) is 9.90 Å². The molecule has 1 amide bonds. The highest BCUT2D eigenvalue weighted by molar-refractivity contribution is 5.66. The van der Waals surface area contributed by atoms with Crippen molar-refractivity contribution in [1.29, 1.82) is 0 Å². The van der Waals surface area contributed by atoms with Crippen LogP contribution in [0.2, 0.25) is 0 Å². The van der Waals surface area contributed by atoms with Crippen LogP contribution in [0, 0.1) is 0 Å². The van der Waals surface area contributed by atoms with Crippen molar-refractivity contribution in [3.8, 4) is 0 Å². The monoisotopic (exact) mass is 331 g/mol. The predicted molar refractivity (Wildman–Crippen MR) is 94.9 cm³/mol. The van der Waals surface area contributed by atoms with E-state index in [4.69, 9.17) is 9.47 Å². The average Bonchev–Trinajstić information content (AvgIpc) is 3.37. The fraction of sp³-hybridized carbons (Fsp3) is 0.421. The molecule has 0 unspecified atom stereocenters. The Balaban J connectivity index is 2.21. The molecule has 1 fully saturated rings. The maximum Gasteiger partial charge on any atom is 0.407 e. The molecule has 0 bridgehead atoms. The summed E-state index contributed by atoms with van der Waals surface area (Å²) < 4.78 is 10.1. The molecular weight excluding hydrogens is 306 g/mol. The zero-order valence-corrected chi connectivity index (χ0v) is 14.3. The Hall–Kier alpha value is -2.11. The molecular formula is C19H25NO4. The first-order chi connectivity index (χ1) is 11.6. The van der Waals surface area contributed by atoms with Crippen molar-refractivity contribution in [2.75, 3.05) is 27.4 Å². The second-order valence-corrected chi connectivity index (χ2v) is 5.86. The van der Waals surface area contributed by atoms with Crippen LogP contribution in [0.1, 0.15) is 29.5 Å². The fourth-order valence-electron chi connectivity index (χ4n) is 2.53. The molecule has 0 aromatic heterocycles. The number of carbonyl (C=O) groups is 1. The molecule has 1 N–H and O–H groups in total. The summed E-state index contributed by atoms with van der Waals surface area (Å²) in [5.74, 6) is 0. The molecule has 0 radical (unpaired) electrons. The molecule has 0 atom stereocenters. The van der Waals surface area contributed by atoms with Gasteiger partial charge in [0, 0.05) is 26.8 Å². The zero-order chi connectivity index (χ0) is 17.4. The van der Waals surface area contributed by atoms with E-state index >= 15 is 0 Å². The summed E-state index contributed by atoms with van der Waals surface area (Å²) in [6, 6.07) is 6.28. The molecule has 0 saturated heterocycles. The molecule has 24 heavy (non-hydrogen) atoms. The van der Waals surface area contributed by atoms with Crippen LogP contribution in [-0.2, 0) is 16.0 Å². The van der Waals surface area contributed by atoms with Crippen LogP contribution in [0.4, 0.5) is 4.79 Å². The van der Waals surface area contributed by atoms with Gasteiger partial charge in [-0.05, 0) is 47.7 Å². The Morgan fingerprint density at radius 3 is 2.08 bits per heavy atom. The standard InChI is InChI=1S/C19H25NO4/c1-23-9-3-5-15-11-16(6-4-10-24-2)13-17(12-15)14-20(19(21)22)18-7-8-18/h3-6,11-13,18H,7-10,14H2,1-2H3,(H,21,22)/b5-3+,6-4+. The van der Waals surface area contributed by atoms with Crippen LogP contribution in [0.3, 0.4) is 0 Å². The minimum atomic E-state index is -0.852. The molecule has 0 heterocycles. The van der Waals surface area contributed by atoms with Crippen molar-refractivity contribution in [3.05, 3.63) is 47.0 Å². The van der Waals surface area contributed by atoms with Crippen molar-refractivity contribution >= 4 is 18.2 Å². The first-order valence-electron chi connectivity index (χ1n) is 8.08. The van der Waals surface area contributed by atoms with Crippen LogP contribution >= 0.6 is 0 Å². The minimum absolute atomic E-state index is 0.169. The smallest absolute Gasteiger partial charge is 0.407 e. The van der Waals surface area contributed by atoms with E-state index in [1.54, 1.807) is 14.2 Å². The first kappa shape index (κ1) is 18.2. The number of nitrogens with zero attached hydrogens (tertiary/aromatic N) is 1. The fourth-order valence-corrected chi connectivity index (χ4v) is 2.53. The topological polar surface area (TPSA) is 59.0 Å². The Labute approximate surface area is 143 Å².